The Bertz CT molecular complexity index is 2340. The van der Waals surface area contributed by atoms with Gasteiger partial charge in [0.2, 0.25) is 17.7 Å². The lowest BCUT2D eigenvalue weighted by Crippen LogP contribution is -2.30. The number of nitrogen functional groups attached to an aromatic ring is 1. The Morgan fingerprint density at radius 1 is 0.750 bits per heavy atom. The van der Waals surface area contributed by atoms with Crippen LogP contribution >= 0.6 is 23.2 Å². The minimum Gasteiger partial charge on any atom is -0.471 e. The largest absolute Gasteiger partial charge is 0.471 e. The highest BCUT2D eigenvalue weighted by Crippen LogP contribution is 2.27. The lowest BCUT2D eigenvalue weighted by Gasteiger charge is -2.16. The summed E-state index contributed by atoms with van der Waals surface area (Å²) in [4.78, 5) is 69.8. The summed E-state index contributed by atoms with van der Waals surface area (Å²) in [6.07, 6.45) is 10.2. The molecule has 0 saturated carbocycles. The Balaban J connectivity index is 0.000000245. The second-order valence-electron chi connectivity index (χ2n) is 17.5. The van der Waals surface area contributed by atoms with Crippen LogP contribution in [0.5, 0.6) is 5.88 Å². The molecule has 2 aliphatic heterocycles. The number of nitrogens with zero attached hydrogens (tertiary/aromatic N) is 12. The lowest BCUT2D eigenvalue weighted by molar-refractivity contribution is -0.130. The van der Waals surface area contributed by atoms with Crippen LogP contribution in [-0.2, 0) is 40.3 Å². The number of nitrogens with two attached hydrogens (primary N) is 1. The number of nitrogens with one attached hydrogen (secondary N) is 1. The molecule has 7 heterocycles. The van der Waals surface area contributed by atoms with Gasteiger partial charge in [-0.2, -0.15) is 4.98 Å². The molecule has 4 N–H and O–H groups in total. The van der Waals surface area contributed by atoms with E-state index in [-0.39, 0.29) is 29.2 Å². The lowest BCUT2D eigenvalue weighted by atomic mass is 10.1. The molecule has 2 fully saturated rings. The van der Waals surface area contributed by atoms with Crippen LogP contribution in [0.15, 0.2) is 19.0 Å². The third-order valence-electron chi connectivity index (χ3n) is 10.6. The maximum atomic E-state index is 11.8. The number of hydrogen-bond donors (Lipinski definition) is 3. The summed E-state index contributed by atoms with van der Waals surface area (Å²) in [5.41, 5.74) is 9.03. The van der Waals surface area contributed by atoms with Gasteiger partial charge in [-0.25, -0.2) is 34.9 Å². The van der Waals surface area contributed by atoms with Gasteiger partial charge in [-0.3, -0.25) is 9.59 Å². The number of aryl methyl sites for hydroxylation is 2. The van der Waals surface area contributed by atoms with Gasteiger partial charge >= 0.3 is 0 Å². The first-order valence-electron chi connectivity index (χ1n) is 23.8. The molecule has 2 aliphatic rings. The van der Waals surface area contributed by atoms with Crippen molar-refractivity contribution in [3.8, 4) is 5.88 Å². The van der Waals surface area contributed by atoms with E-state index in [1.165, 1.54) is 19.0 Å². The summed E-state index contributed by atoms with van der Waals surface area (Å²) in [7, 11) is 0. The Morgan fingerprint density at radius 2 is 1.26 bits per heavy atom. The summed E-state index contributed by atoms with van der Waals surface area (Å²) >= 11 is 11.6. The molecule has 2 amide bonds. The molecule has 68 heavy (non-hydrogen) atoms. The first-order valence-corrected chi connectivity index (χ1v) is 24.6. The number of ether oxygens (including phenoxy) is 1. The number of aliphatic hydroxyl groups excluding tert-OH is 1. The van der Waals surface area contributed by atoms with Gasteiger partial charge in [-0.15, -0.1) is 0 Å². The van der Waals surface area contributed by atoms with Crippen LogP contribution in [-0.4, -0.2) is 127 Å². The van der Waals surface area contributed by atoms with Crippen molar-refractivity contribution in [2.75, 3.05) is 43.8 Å². The number of aliphatic hydroxyl groups is 1. The van der Waals surface area contributed by atoms with E-state index >= 15 is 0 Å². The minimum atomic E-state index is -0.282. The smallest absolute Gasteiger partial charge is 0.245 e. The summed E-state index contributed by atoms with van der Waals surface area (Å²) < 4.78 is 10.3. The van der Waals surface area contributed by atoms with E-state index in [0.29, 0.717) is 78.2 Å². The number of imidazole rings is 2. The quantitative estimate of drug-likeness (QED) is 0.0721. The summed E-state index contributed by atoms with van der Waals surface area (Å²) in [6, 6.07) is 0. The number of likely N-dealkylation sites (tertiary alicyclic amines) is 2. The summed E-state index contributed by atoms with van der Waals surface area (Å²) in [5.74, 6) is 5.11. The zero-order valence-corrected chi connectivity index (χ0v) is 43.4. The number of carbonyl (C=O) groups excluding carboxylic acids is 3. The number of β-amino-alcohol motifs (C(OH)–C–C–N with tert-alkyl or cyclic N) is 1. The fourth-order valence-electron chi connectivity index (χ4n) is 7.21. The van der Waals surface area contributed by atoms with Crippen molar-refractivity contribution in [1.82, 2.24) is 58.8 Å². The van der Waals surface area contributed by atoms with Crippen LogP contribution in [0, 0.1) is 17.8 Å². The maximum absolute atomic E-state index is 11.8. The van der Waals surface area contributed by atoms with E-state index in [1.807, 2.05) is 39.5 Å². The molecule has 376 valence electrons. The Labute approximate surface area is 411 Å². The van der Waals surface area contributed by atoms with Gasteiger partial charge in [-0.1, -0.05) is 78.6 Å². The number of aromatic nitrogens is 10. The molecule has 0 unspecified atom stereocenters. The molecule has 5 aromatic heterocycles. The van der Waals surface area contributed by atoms with Gasteiger partial charge in [0.1, 0.15) is 54.2 Å². The first kappa shape index (κ1) is 57.1. The highest BCUT2D eigenvalue weighted by molar-refractivity contribution is 6.33. The van der Waals surface area contributed by atoms with Crippen LogP contribution in [0.4, 0.5) is 11.5 Å². The number of halogens is 2. The van der Waals surface area contributed by atoms with Gasteiger partial charge in [-0.05, 0) is 44.9 Å². The standard InChI is InChI=1S/C18H27N5O2.C11H15ClN4.C7H13NO2.C6H9ClN4.C5H10O/c1-5-15(24)22-8-7-13(10-22)25-18-16-17(19-11-20-18)23(6-2)14(21-16)9-12(3)4;1-4-16-8(5-7(2)3)15-9-10(12)13-6-14-11(9)16;1-2-7(10)8-4-3-6(9)5-8;1-2-9-6-4(8)5(7)10-3-11-6;1-5(2)3-4-6/h11-13H,5-10H2,1-4H3;6-7H,4-5H2,1-3H3;6,9H,2-5H2,1H3;3H,2,8H2,1H3,(H,9,10,11);4-5H,3H2,1-2H3/t13-;;6-;;/m0.0../s1. The van der Waals surface area contributed by atoms with E-state index in [1.54, 1.807) is 4.90 Å². The SMILES string of the molecule is CC(C)CC=O.CCC(=O)N1CC[C@H](O)C1.CCC(=O)N1CC[C@H](Oc2ncnc3c2nc(CC(C)C)n3CC)C1.CCNc1ncnc(Cl)c1N.CCn1c(CC(C)C)nc2c(Cl)ncnc21. The van der Waals surface area contributed by atoms with Crippen molar-refractivity contribution in [3.63, 3.8) is 0 Å². The normalized spacial score (nSPS) is 15.3. The maximum Gasteiger partial charge on any atom is 0.245 e. The molecule has 19 nitrogen and oxygen atoms in total. The van der Waals surface area contributed by atoms with Crippen molar-refractivity contribution < 1.29 is 24.2 Å². The molecule has 21 heteroatoms. The topological polar surface area (TPSA) is 238 Å². The summed E-state index contributed by atoms with van der Waals surface area (Å²) in [6.45, 7) is 27.7. The van der Waals surface area contributed by atoms with Crippen LogP contribution < -0.4 is 15.8 Å². The van der Waals surface area contributed by atoms with Crippen LogP contribution in [0.25, 0.3) is 22.3 Å². The Morgan fingerprint density at radius 3 is 1.75 bits per heavy atom. The van der Waals surface area contributed by atoms with Gasteiger partial charge in [0, 0.05) is 77.8 Å². The van der Waals surface area contributed by atoms with E-state index in [4.69, 9.17) is 43.8 Å². The number of carbonyl (C=O) groups is 3. The molecule has 0 aromatic carbocycles. The zero-order valence-electron chi connectivity index (χ0n) is 41.9. The second-order valence-corrected chi connectivity index (χ2v) is 18.3. The van der Waals surface area contributed by atoms with E-state index in [2.05, 4.69) is 90.9 Å². The zero-order chi connectivity index (χ0) is 50.5. The fraction of sp³-hybridized carbons (Fsp3) is 0.638. The Hall–Kier alpha value is -5.27. The van der Waals surface area contributed by atoms with Crippen molar-refractivity contribution in [1.29, 1.82) is 0 Å². The van der Waals surface area contributed by atoms with Crippen LogP contribution in [0.1, 0.15) is 120 Å². The molecule has 0 radical (unpaired) electrons. The van der Waals surface area contributed by atoms with Gasteiger partial charge in [0.25, 0.3) is 0 Å². The number of hydrogen-bond acceptors (Lipinski definition) is 15. The van der Waals surface area contributed by atoms with Gasteiger partial charge < -0.3 is 44.6 Å². The summed E-state index contributed by atoms with van der Waals surface area (Å²) in [5, 5.41) is 12.7. The number of rotatable bonds is 14. The predicted octanol–water partition coefficient (Wildman–Crippen LogP) is 7.50. The second kappa shape index (κ2) is 28.9. The molecular formula is C47H74Cl2N14O5. The monoisotopic (exact) mass is 985 g/mol. The molecule has 0 aliphatic carbocycles. The van der Waals surface area contributed by atoms with Crippen molar-refractivity contribution in [3.05, 3.63) is 40.9 Å². The van der Waals surface area contributed by atoms with E-state index in [9.17, 15) is 14.4 Å². The fourth-order valence-corrected chi connectivity index (χ4v) is 7.51. The highest BCUT2D eigenvalue weighted by atomic mass is 35.5. The number of anilines is 2. The molecule has 2 saturated heterocycles. The van der Waals surface area contributed by atoms with Crippen molar-refractivity contribution in [2.45, 2.75) is 146 Å². The van der Waals surface area contributed by atoms with Crippen molar-refractivity contribution in [2.24, 2.45) is 17.8 Å². The van der Waals surface area contributed by atoms with Gasteiger partial charge in [0.05, 0.1) is 12.6 Å². The van der Waals surface area contributed by atoms with E-state index < -0.39 is 0 Å². The predicted molar refractivity (Wildman–Crippen MR) is 269 cm³/mol. The molecular weight excluding hydrogens is 912 g/mol. The highest BCUT2D eigenvalue weighted by Gasteiger charge is 2.28. The molecule has 2 atom stereocenters. The Kier molecular flexibility index (Phi) is 24.3. The average molecular weight is 986 g/mol. The van der Waals surface area contributed by atoms with Crippen molar-refractivity contribution >= 4 is 75.1 Å². The third-order valence-corrected chi connectivity index (χ3v) is 11.2. The molecule has 5 aromatic rings. The van der Waals surface area contributed by atoms with Crippen LogP contribution in [0.3, 0.4) is 0 Å². The van der Waals surface area contributed by atoms with E-state index in [0.717, 1.165) is 93.2 Å². The molecule has 0 bridgehead atoms. The third kappa shape index (κ3) is 17.0. The molecule has 7 rings (SSSR count). The van der Waals surface area contributed by atoms with Gasteiger partial charge in [0.15, 0.2) is 32.9 Å². The number of amides is 2. The minimum absolute atomic E-state index is 0.0334. The number of fused-ring (bicyclic) bond motifs is 2. The number of aldehydes is 1. The average Bonchev–Trinajstić information content (AvgIpc) is 4.11. The molecule has 0 spiro atoms. The van der Waals surface area contributed by atoms with Crippen LogP contribution in [0.2, 0.25) is 10.3 Å². The first-order chi connectivity index (χ1) is 32.4.